The molecule has 1 aliphatic carbocycles. The summed E-state index contributed by atoms with van der Waals surface area (Å²) < 4.78 is 5.30. The lowest BCUT2D eigenvalue weighted by Crippen LogP contribution is -2.38. The minimum absolute atomic E-state index is 0.0627. The van der Waals surface area contributed by atoms with Crippen LogP contribution in [0.4, 0.5) is 0 Å². The molecule has 0 unspecified atom stereocenters. The number of nitriles is 1. The van der Waals surface area contributed by atoms with Gasteiger partial charge in [0.1, 0.15) is 11.8 Å². The van der Waals surface area contributed by atoms with Crippen molar-refractivity contribution in [3.63, 3.8) is 0 Å². The van der Waals surface area contributed by atoms with E-state index in [4.69, 9.17) is 10.00 Å². The van der Waals surface area contributed by atoms with Gasteiger partial charge in [-0.15, -0.1) is 0 Å². The third-order valence-corrected chi connectivity index (χ3v) is 4.28. The van der Waals surface area contributed by atoms with Crippen molar-refractivity contribution >= 4 is 0 Å². The van der Waals surface area contributed by atoms with Crippen molar-refractivity contribution < 1.29 is 9.84 Å². The van der Waals surface area contributed by atoms with Crippen LogP contribution in [0.1, 0.15) is 37.7 Å². The first-order valence-electron chi connectivity index (χ1n) is 7.68. The molecule has 4 nitrogen and oxygen atoms in total. The van der Waals surface area contributed by atoms with Crippen LogP contribution in [-0.2, 0) is 6.54 Å². The van der Waals surface area contributed by atoms with Crippen molar-refractivity contribution in [2.75, 3.05) is 19.8 Å². The topological polar surface area (TPSA) is 65.3 Å². The number of nitrogens with one attached hydrogen (secondary N) is 1. The number of nitrogens with zero attached hydrogens (tertiary/aromatic N) is 1. The summed E-state index contributed by atoms with van der Waals surface area (Å²) in [5.74, 6) is 0.727. The summed E-state index contributed by atoms with van der Waals surface area (Å²) in [4.78, 5) is 0. The molecule has 0 bridgehead atoms. The lowest BCUT2D eigenvalue weighted by Gasteiger charge is -2.35. The van der Waals surface area contributed by atoms with Crippen molar-refractivity contribution in [1.29, 1.82) is 5.26 Å². The number of hydrogen-bond acceptors (Lipinski definition) is 4. The molecule has 1 fully saturated rings. The highest BCUT2D eigenvalue weighted by molar-refractivity contribution is 5.28. The summed E-state index contributed by atoms with van der Waals surface area (Å²) in [6.07, 6.45) is 5.96. The van der Waals surface area contributed by atoms with Crippen LogP contribution in [0.5, 0.6) is 5.75 Å². The van der Waals surface area contributed by atoms with Gasteiger partial charge >= 0.3 is 0 Å². The molecule has 0 aliphatic heterocycles. The SMILES string of the molecule is N#CCOc1cccc(CNCC2(CO)CCCCC2)c1. The number of rotatable bonds is 7. The van der Waals surface area contributed by atoms with Gasteiger partial charge in [-0.25, -0.2) is 0 Å². The van der Waals surface area contributed by atoms with Crippen molar-refractivity contribution in [3.05, 3.63) is 29.8 Å². The van der Waals surface area contributed by atoms with Crippen LogP contribution >= 0.6 is 0 Å². The van der Waals surface area contributed by atoms with Crippen LogP contribution in [0.3, 0.4) is 0 Å². The fraction of sp³-hybridized carbons (Fsp3) is 0.588. The van der Waals surface area contributed by atoms with Crippen LogP contribution in [0.15, 0.2) is 24.3 Å². The Bertz CT molecular complexity index is 476. The molecule has 0 amide bonds. The average Bonchev–Trinajstić information content (AvgIpc) is 2.54. The van der Waals surface area contributed by atoms with E-state index in [-0.39, 0.29) is 18.6 Å². The van der Waals surface area contributed by atoms with Gasteiger partial charge in [0.25, 0.3) is 0 Å². The first kappa shape index (κ1) is 15.8. The van der Waals surface area contributed by atoms with Gasteiger partial charge < -0.3 is 15.2 Å². The molecular formula is C17H24N2O2. The number of ether oxygens (including phenoxy) is 1. The molecule has 114 valence electrons. The van der Waals surface area contributed by atoms with E-state index in [0.29, 0.717) is 0 Å². The van der Waals surface area contributed by atoms with Gasteiger partial charge in [0, 0.05) is 25.1 Å². The Balaban J connectivity index is 1.83. The Labute approximate surface area is 126 Å². The predicted molar refractivity (Wildman–Crippen MR) is 81.9 cm³/mol. The Morgan fingerprint density at radius 2 is 2.10 bits per heavy atom. The summed E-state index contributed by atoms with van der Waals surface area (Å²) in [5, 5.41) is 21.7. The highest BCUT2D eigenvalue weighted by Crippen LogP contribution is 2.35. The average molecular weight is 288 g/mol. The largest absolute Gasteiger partial charge is 0.479 e. The predicted octanol–water partition coefficient (Wildman–Crippen LogP) is 2.62. The van der Waals surface area contributed by atoms with E-state index >= 15 is 0 Å². The minimum atomic E-state index is 0.0627. The van der Waals surface area contributed by atoms with Crippen LogP contribution < -0.4 is 10.1 Å². The van der Waals surface area contributed by atoms with Crippen LogP contribution in [0, 0.1) is 16.7 Å². The molecule has 0 radical (unpaired) electrons. The molecule has 4 heteroatoms. The van der Waals surface area contributed by atoms with Crippen molar-refractivity contribution in [3.8, 4) is 11.8 Å². The fourth-order valence-electron chi connectivity index (χ4n) is 3.03. The zero-order chi connectivity index (χ0) is 15.0. The molecule has 0 saturated heterocycles. The van der Waals surface area contributed by atoms with E-state index in [0.717, 1.165) is 37.2 Å². The molecule has 1 aromatic carbocycles. The molecule has 2 rings (SSSR count). The third-order valence-electron chi connectivity index (χ3n) is 4.28. The highest BCUT2D eigenvalue weighted by atomic mass is 16.5. The van der Waals surface area contributed by atoms with Gasteiger partial charge in [-0.2, -0.15) is 5.26 Å². The maximum atomic E-state index is 9.69. The maximum Gasteiger partial charge on any atom is 0.174 e. The second-order valence-electron chi connectivity index (χ2n) is 5.92. The smallest absolute Gasteiger partial charge is 0.174 e. The molecule has 1 aromatic rings. The van der Waals surface area contributed by atoms with Gasteiger partial charge in [0.15, 0.2) is 6.61 Å². The van der Waals surface area contributed by atoms with Gasteiger partial charge in [0.2, 0.25) is 0 Å². The highest BCUT2D eigenvalue weighted by Gasteiger charge is 2.30. The summed E-state index contributed by atoms with van der Waals surface area (Å²) in [7, 11) is 0. The molecule has 2 N–H and O–H groups in total. The summed E-state index contributed by atoms with van der Waals surface area (Å²) in [6, 6.07) is 9.76. The molecule has 0 atom stereocenters. The number of benzene rings is 1. The number of hydrogen-bond donors (Lipinski definition) is 2. The van der Waals surface area contributed by atoms with Crippen LogP contribution in [0.25, 0.3) is 0 Å². The molecule has 21 heavy (non-hydrogen) atoms. The Morgan fingerprint density at radius 3 is 2.81 bits per heavy atom. The van der Waals surface area contributed by atoms with Crippen molar-refractivity contribution in [1.82, 2.24) is 5.32 Å². The zero-order valence-corrected chi connectivity index (χ0v) is 12.5. The molecule has 1 saturated carbocycles. The standard InChI is InChI=1S/C17H24N2O2/c18-9-10-21-16-6-4-5-15(11-16)12-19-13-17(14-20)7-2-1-3-8-17/h4-6,11,19-20H,1-3,7-8,10,12-14H2. The zero-order valence-electron chi connectivity index (χ0n) is 12.5. The van der Waals surface area contributed by atoms with Crippen molar-refractivity contribution in [2.45, 2.75) is 38.6 Å². The summed E-state index contributed by atoms with van der Waals surface area (Å²) in [5.41, 5.74) is 1.20. The van der Waals surface area contributed by atoms with Gasteiger partial charge in [-0.05, 0) is 30.5 Å². The Hall–Kier alpha value is -1.57. The van der Waals surface area contributed by atoms with E-state index in [1.165, 1.54) is 19.3 Å². The van der Waals surface area contributed by atoms with Crippen molar-refractivity contribution in [2.24, 2.45) is 5.41 Å². The number of aliphatic hydroxyl groups is 1. The molecular weight excluding hydrogens is 264 g/mol. The summed E-state index contributed by atoms with van der Waals surface area (Å²) in [6.45, 7) is 1.95. The lowest BCUT2D eigenvalue weighted by molar-refractivity contribution is 0.0810. The molecule has 0 heterocycles. The van der Waals surface area contributed by atoms with Gasteiger partial charge in [-0.3, -0.25) is 0 Å². The van der Waals surface area contributed by atoms with E-state index in [9.17, 15) is 5.11 Å². The number of aliphatic hydroxyl groups excluding tert-OH is 1. The quantitative estimate of drug-likeness (QED) is 0.809. The monoisotopic (exact) mass is 288 g/mol. The first-order chi connectivity index (χ1) is 10.3. The Morgan fingerprint density at radius 1 is 1.29 bits per heavy atom. The van der Waals surface area contributed by atoms with E-state index in [1.54, 1.807) is 0 Å². The normalized spacial score (nSPS) is 17.1. The van der Waals surface area contributed by atoms with Crippen LogP contribution in [-0.4, -0.2) is 24.9 Å². The minimum Gasteiger partial charge on any atom is -0.479 e. The van der Waals surface area contributed by atoms with E-state index in [2.05, 4.69) is 5.32 Å². The molecule has 0 aromatic heterocycles. The molecule has 1 aliphatic rings. The summed E-state index contributed by atoms with van der Waals surface area (Å²) >= 11 is 0. The second-order valence-corrected chi connectivity index (χ2v) is 5.92. The lowest BCUT2D eigenvalue weighted by atomic mass is 9.74. The molecule has 0 spiro atoms. The maximum absolute atomic E-state index is 9.69. The van der Waals surface area contributed by atoms with Crippen LogP contribution in [0.2, 0.25) is 0 Å². The van der Waals surface area contributed by atoms with E-state index in [1.807, 2.05) is 30.3 Å². The van der Waals surface area contributed by atoms with Gasteiger partial charge in [0.05, 0.1) is 0 Å². The fourth-order valence-corrected chi connectivity index (χ4v) is 3.03. The Kier molecular flexibility index (Phi) is 6.04. The first-order valence-corrected chi connectivity index (χ1v) is 7.68. The van der Waals surface area contributed by atoms with Gasteiger partial charge in [-0.1, -0.05) is 31.4 Å². The third kappa shape index (κ3) is 4.73. The second kappa shape index (κ2) is 8.02. The van der Waals surface area contributed by atoms with E-state index < -0.39 is 0 Å².